The Labute approximate surface area is 174 Å². The number of aryl methyl sites for hydroxylation is 2. The van der Waals surface area contributed by atoms with Gasteiger partial charge in [0.1, 0.15) is 0 Å². The molecule has 1 aromatic heterocycles. The van der Waals surface area contributed by atoms with Crippen molar-refractivity contribution >= 4 is 10.0 Å². The van der Waals surface area contributed by atoms with Crippen molar-refractivity contribution in [3.05, 3.63) is 57.9 Å². The number of sulfonamides is 1. The highest BCUT2D eigenvalue weighted by molar-refractivity contribution is 7.89. The van der Waals surface area contributed by atoms with E-state index in [4.69, 9.17) is 9.72 Å². The molecule has 0 saturated heterocycles. The number of nitrogens with zero attached hydrogens (tertiary/aromatic N) is 2. The number of aromatic nitrogens is 1. The average molecular weight is 415 g/mol. The van der Waals surface area contributed by atoms with E-state index in [0.29, 0.717) is 31.0 Å². The Morgan fingerprint density at radius 3 is 2.66 bits per heavy atom. The van der Waals surface area contributed by atoms with Gasteiger partial charge in [-0.25, -0.2) is 8.42 Å². The molecule has 29 heavy (non-hydrogen) atoms. The van der Waals surface area contributed by atoms with E-state index in [2.05, 4.69) is 13.8 Å². The molecule has 1 atom stereocenters. The summed E-state index contributed by atoms with van der Waals surface area (Å²) in [6.45, 7) is 7.66. The van der Waals surface area contributed by atoms with Crippen molar-refractivity contribution in [3.8, 4) is 0 Å². The second-order valence-electron chi connectivity index (χ2n) is 8.27. The van der Waals surface area contributed by atoms with E-state index in [0.717, 1.165) is 42.5 Å². The van der Waals surface area contributed by atoms with Gasteiger partial charge in [0, 0.05) is 37.3 Å². The van der Waals surface area contributed by atoms with Crippen LogP contribution < -0.4 is 0 Å². The summed E-state index contributed by atoms with van der Waals surface area (Å²) < 4.78 is 34.0. The van der Waals surface area contributed by atoms with Crippen LogP contribution in [0.15, 0.2) is 29.2 Å². The Balaban J connectivity index is 1.70. The smallest absolute Gasteiger partial charge is 0.243 e. The number of fused-ring (bicyclic) bond motifs is 3. The molecule has 1 aromatic carbocycles. The first kappa shape index (κ1) is 20.5. The molecule has 6 heteroatoms. The highest BCUT2D eigenvalue weighted by Gasteiger charge is 2.33. The van der Waals surface area contributed by atoms with Crippen molar-refractivity contribution in [2.75, 3.05) is 6.54 Å². The zero-order valence-corrected chi connectivity index (χ0v) is 18.4. The largest absolute Gasteiger partial charge is 0.373 e. The van der Waals surface area contributed by atoms with Crippen LogP contribution in [0.3, 0.4) is 0 Å². The predicted molar refractivity (Wildman–Crippen MR) is 113 cm³/mol. The summed E-state index contributed by atoms with van der Waals surface area (Å²) in [4.78, 5) is 5.38. The third-order valence-electron chi connectivity index (χ3n) is 6.06. The number of rotatable bonds is 5. The van der Waals surface area contributed by atoms with Gasteiger partial charge in [-0.15, -0.1) is 0 Å². The van der Waals surface area contributed by atoms with Gasteiger partial charge in [-0.05, 0) is 55.5 Å². The quantitative estimate of drug-likeness (QED) is 0.744. The number of ether oxygens (including phenoxy) is 1. The van der Waals surface area contributed by atoms with Gasteiger partial charge < -0.3 is 4.74 Å². The van der Waals surface area contributed by atoms with Gasteiger partial charge in [0.2, 0.25) is 10.0 Å². The van der Waals surface area contributed by atoms with E-state index in [1.165, 1.54) is 16.8 Å². The lowest BCUT2D eigenvalue weighted by atomic mass is 9.89. The number of pyridine rings is 1. The van der Waals surface area contributed by atoms with Crippen molar-refractivity contribution in [2.24, 2.45) is 0 Å². The summed E-state index contributed by atoms with van der Waals surface area (Å²) in [7, 11) is -3.52. The Hall–Kier alpha value is -1.76. The number of hydrogen-bond acceptors (Lipinski definition) is 4. The van der Waals surface area contributed by atoms with Gasteiger partial charge in [-0.3, -0.25) is 4.98 Å². The lowest BCUT2D eigenvalue weighted by molar-refractivity contribution is 0.0395. The highest BCUT2D eigenvalue weighted by Crippen LogP contribution is 2.33. The van der Waals surface area contributed by atoms with Gasteiger partial charge in [-0.1, -0.05) is 31.0 Å². The minimum absolute atomic E-state index is 0.179. The molecule has 0 aliphatic carbocycles. The fourth-order valence-corrected chi connectivity index (χ4v) is 5.72. The molecule has 0 bridgehead atoms. The number of benzene rings is 1. The zero-order valence-electron chi connectivity index (χ0n) is 17.6. The molecule has 0 unspecified atom stereocenters. The third kappa shape index (κ3) is 3.98. The molecule has 3 heterocycles. The molecule has 0 N–H and O–H groups in total. The van der Waals surface area contributed by atoms with Crippen LogP contribution >= 0.6 is 0 Å². The molecule has 156 valence electrons. The second-order valence-corrected chi connectivity index (χ2v) is 10.2. The first-order valence-electron chi connectivity index (χ1n) is 10.6. The van der Waals surface area contributed by atoms with Gasteiger partial charge in [-0.2, -0.15) is 4.31 Å². The molecule has 0 spiro atoms. The van der Waals surface area contributed by atoms with E-state index in [1.54, 1.807) is 16.4 Å². The number of hydrogen-bond donors (Lipinski definition) is 0. The maximum absolute atomic E-state index is 13.2. The molecule has 4 rings (SSSR count). The summed E-state index contributed by atoms with van der Waals surface area (Å²) in [5.41, 5.74) is 6.86. The van der Waals surface area contributed by atoms with Crippen molar-refractivity contribution in [1.29, 1.82) is 0 Å². The Kier molecular flexibility index (Phi) is 5.78. The second kappa shape index (κ2) is 8.17. The molecular formula is C23H30N2O3S. The van der Waals surface area contributed by atoms with Gasteiger partial charge in [0.25, 0.3) is 0 Å². The van der Waals surface area contributed by atoms with Gasteiger partial charge in [0.15, 0.2) is 0 Å². The molecule has 2 aliphatic heterocycles. The lowest BCUT2D eigenvalue weighted by Gasteiger charge is -2.33. The minimum Gasteiger partial charge on any atom is -0.373 e. The van der Waals surface area contributed by atoms with Crippen LogP contribution in [-0.4, -0.2) is 30.4 Å². The van der Waals surface area contributed by atoms with Crippen LogP contribution in [0.5, 0.6) is 0 Å². The summed E-state index contributed by atoms with van der Waals surface area (Å²) in [6.07, 6.45) is 4.95. The predicted octanol–water partition coefficient (Wildman–Crippen LogP) is 3.94. The molecule has 0 radical (unpaired) electrons. The molecule has 0 saturated carbocycles. The summed E-state index contributed by atoms with van der Waals surface area (Å²) in [5.74, 6) is 0. The van der Waals surface area contributed by atoms with Gasteiger partial charge in [0.05, 0.1) is 17.6 Å². The molecule has 0 amide bonds. The Morgan fingerprint density at radius 2 is 1.93 bits per heavy atom. The molecular weight excluding hydrogens is 384 g/mol. The van der Waals surface area contributed by atoms with Crippen LogP contribution in [0.4, 0.5) is 0 Å². The van der Waals surface area contributed by atoms with Gasteiger partial charge >= 0.3 is 0 Å². The zero-order chi connectivity index (χ0) is 20.6. The van der Waals surface area contributed by atoms with Crippen molar-refractivity contribution in [3.63, 3.8) is 0 Å². The van der Waals surface area contributed by atoms with E-state index in [9.17, 15) is 8.42 Å². The first-order chi connectivity index (χ1) is 13.9. The van der Waals surface area contributed by atoms with Crippen LogP contribution in [0.25, 0.3) is 0 Å². The van der Waals surface area contributed by atoms with Crippen LogP contribution in [-0.2, 0) is 47.2 Å². The van der Waals surface area contributed by atoms with Crippen molar-refractivity contribution in [1.82, 2.24) is 9.29 Å². The molecule has 5 nitrogen and oxygen atoms in total. The van der Waals surface area contributed by atoms with E-state index >= 15 is 0 Å². The Bertz CT molecular complexity index is 1000. The standard InChI is InChI=1S/C23H30N2O3S/c1-4-5-6-22-19-13-17(3)28-15-21(19)20-14-25(12-11-23(20)24-22)29(26,27)18-9-7-16(2)8-10-18/h7-10,17H,4-6,11-15H2,1-3H3/t17-/m0/s1. The molecule has 0 fully saturated rings. The first-order valence-corrected chi connectivity index (χ1v) is 12.0. The van der Waals surface area contributed by atoms with E-state index in [1.807, 2.05) is 19.1 Å². The van der Waals surface area contributed by atoms with Crippen LogP contribution in [0, 0.1) is 6.92 Å². The SMILES string of the molecule is CCCCc1nc2c(c3c1C[C@H](C)OC3)CN(S(=O)(=O)c1ccc(C)cc1)CC2. The monoisotopic (exact) mass is 414 g/mol. The summed E-state index contributed by atoms with van der Waals surface area (Å²) in [5, 5.41) is 0. The van der Waals surface area contributed by atoms with Crippen LogP contribution in [0.1, 0.15) is 60.3 Å². The molecule has 2 aromatic rings. The fourth-order valence-electron chi connectivity index (χ4n) is 4.31. The molecule has 2 aliphatic rings. The van der Waals surface area contributed by atoms with Crippen molar-refractivity contribution in [2.45, 2.75) is 77.0 Å². The third-order valence-corrected chi connectivity index (χ3v) is 7.92. The van der Waals surface area contributed by atoms with E-state index < -0.39 is 10.0 Å². The average Bonchev–Trinajstić information content (AvgIpc) is 2.71. The maximum Gasteiger partial charge on any atom is 0.243 e. The Morgan fingerprint density at radius 1 is 1.17 bits per heavy atom. The van der Waals surface area contributed by atoms with Crippen molar-refractivity contribution < 1.29 is 13.2 Å². The number of unbranched alkanes of at least 4 members (excludes halogenated alkanes) is 1. The summed E-state index contributed by atoms with van der Waals surface area (Å²) >= 11 is 0. The highest BCUT2D eigenvalue weighted by atomic mass is 32.2. The van der Waals surface area contributed by atoms with Crippen LogP contribution in [0.2, 0.25) is 0 Å². The fraction of sp³-hybridized carbons (Fsp3) is 0.522. The lowest BCUT2D eigenvalue weighted by Crippen LogP contribution is -2.38. The maximum atomic E-state index is 13.2. The topological polar surface area (TPSA) is 59.5 Å². The normalized spacial score (nSPS) is 19.6. The van der Waals surface area contributed by atoms with E-state index in [-0.39, 0.29) is 6.10 Å². The minimum atomic E-state index is -3.52. The summed E-state index contributed by atoms with van der Waals surface area (Å²) in [6, 6.07) is 7.10.